The molecule has 0 bridgehead atoms. The molecule has 0 N–H and O–H groups in total. The fourth-order valence-corrected chi connectivity index (χ4v) is 4.75. The Labute approximate surface area is 139 Å². The highest BCUT2D eigenvalue weighted by atomic mass is 16.5. The lowest BCUT2D eigenvalue weighted by atomic mass is 9.70. The monoisotopic (exact) mass is 308 g/mol. The van der Waals surface area contributed by atoms with Gasteiger partial charge in [-0.05, 0) is 62.7 Å². The van der Waals surface area contributed by atoms with Crippen molar-refractivity contribution >= 4 is 0 Å². The molecule has 2 rings (SSSR count). The van der Waals surface area contributed by atoms with Crippen LogP contribution in [0.25, 0.3) is 0 Å². The van der Waals surface area contributed by atoms with Crippen molar-refractivity contribution < 1.29 is 4.74 Å². The normalized spacial score (nSPS) is 33.0. The van der Waals surface area contributed by atoms with Gasteiger partial charge < -0.3 is 4.74 Å². The van der Waals surface area contributed by atoms with Gasteiger partial charge in [0.1, 0.15) is 0 Å². The second kappa shape index (κ2) is 10.7. The third-order valence-corrected chi connectivity index (χ3v) is 6.34. The van der Waals surface area contributed by atoms with E-state index in [0.29, 0.717) is 6.10 Å². The van der Waals surface area contributed by atoms with Gasteiger partial charge in [-0.15, -0.1) is 0 Å². The molecule has 0 radical (unpaired) electrons. The lowest BCUT2D eigenvalue weighted by Crippen LogP contribution is -2.28. The van der Waals surface area contributed by atoms with Gasteiger partial charge in [0, 0.05) is 6.61 Å². The Hall–Kier alpha value is -0.0400. The van der Waals surface area contributed by atoms with E-state index in [0.717, 1.165) is 24.4 Å². The standard InChI is InChI=1S/C21H40O/c1-3-5-7-8-18-9-11-19(12-10-18)20-13-15-21(16-14-20)22-17-6-4-2/h18-21H,3-17H2,1-2H3. The van der Waals surface area contributed by atoms with Crippen molar-refractivity contribution in [2.45, 2.75) is 110 Å². The van der Waals surface area contributed by atoms with Crippen LogP contribution in [-0.4, -0.2) is 12.7 Å². The third-order valence-electron chi connectivity index (χ3n) is 6.34. The second-order valence-corrected chi connectivity index (χ2v) is 8.04. The molecule has 0 aromatic heterocycles. The van der Waals surface area contributed by atoms with Crippen LogP contribution >= 0.6 is 0 Å². The summed E-state index contributed by atoms with van der Waals surface area (Å²) in [7, 11) is 0. The van der Waals surface area contributed by atoms with Crippen LogP contribution in [-0.2, 0) is 4.74 Å². The summed E-state index contributed by atoms with van der Waals surface area (Å²) in [4.78, 5) is 0. The van der Waals surface area contributed by atoms with Gasteiger partial charge in [0.05, 0.1) is 6.10 Å². The van der Waals surface area contributed by atoms with E-state index < -0.39 is 0 Å². The molecule has 0 aromatic carbocycles. The molecule has 2 aliphatic rings. The molecule has 0 heterocycles. The third kappa shape index (κ3) is 6.22. The predicted octanol–water partition coefficient (Wildman–Crippen LogP) is 6.75. The Kier molecular flexibility index (Phi) is 8.89. The van der Waals surface area contributed by atoms with E-state index in [4.69, 9.17) is 4.74 Å². The van der Waals surface area contributed by atoms with Crippen molar-refractivity contribution in [1.29, 1.82) is 0 Å². The van der Waals surface area contributed by atoms with E-state index in [1.165, 1.54) is 89.9 Å². The van der Waals surface area contributed by atoms with Crippen LogP contribution in [0.5, 0.6) is 0 Å². The molecule has 0 spiro atoms. The number of unbranched alkanes of at least 4 members (excludes halogenated alkanes) is 3. The van der Waals surface area contributed by atoms with Crippen LogP contribution in [0.1, 0.15) is 104 Å². The van der Waals surface area contributed by atoms with Crippen LogP contribution in [0, 0.1) is 17.8 Å². The number of rotatable bonds is 9. The first-order valence-electron chi connectivity index (χ1n) is 10.4. The maximum atomic E-state index is 6.03. The van der Waals surface area contributed by atoms with Crippen molar-refractivity contribution in [2.24, 2.45) is 17.8 Å². The highest BCUT2D eigenvalue weighted by Crippen LogP contribution is 2.41. The van der Waals surface area contributed by atoms with Crippen LogP contribution in [0.2, 0.25) is 0 Å². The molecule has 130 valence electrons. The maximum Gasteiger partial charge on any atom is 0.0575 e. The van der Waals surface area contributed by atoms with Crippen LogP contribution in [0.15, 0.2) is 0 Å². The summed E-state index contributed by atoms with van der Waals surface area (Å²) in [6, 6.07) is 0. The van der Waals surface area contributed by atoms with Gasteiger partial charge in [-0.3, -0.25) is 0 Å². The van der Waals surface area contributed by atoms with Gasteiger partial charge in [0.25, 0.3) is 0 Å². The highest BCUT2D eigenvalue weighted by molar-refractivity contribution is 4.82. The lowest BCUT2D eigenvalue weighted by Gasteiger charge is -2.38. The molecule has 0 saturated heterocycles. The molecule has 0 amide bonds. The van der Waals surface area contributed by atoms with E-state index in [1.54, 1.807) is 0 Å². The van der Waals surface area contributed by atoms with Gasteiger partial charge in [-0.2, -0.15) is 0 Å². The quantitative estimate of drug-likeness (QED) is 0.428. The summed E-state index contributed by atoms with van der Waals surface area (Å²) in [5.74, 6) is 3.15. The van der Waals surface area contributed by atoms with Gasteiger partial charge >= 0.3 is 0 Å². The molecule has 0 atom stereocenters. The zero-order valence-corrected chi connectivity index (χ0v) is 15.3. The zero-order valence-electron chi connectivity index (χ0n) is 15.3. The van der Waals surface area contributed by atoms with E-state index in [2.05, 4.69) is 13.8 Å². The summed E-state index contributed by atoms with van der Waals surface area (Å²) < 4.78 is 6.03. The molecule has 1 heteroatoms. The largest absolute Gasteiger partial charge is 0.378 e. The molecule has 1 nitrogen and oxygen atoms in total. The minimum atomic E-state index is 0.591. The Morgan fingerprint density at radius 3 is 1.86 bits per heavy atom. The van der Waals surface area contributed by atoms with Gasteiger partial charge in [0.15, 0.2) is 0 Å². The fraction of sp³-hybridized carbons (Fsp3) is 1.00. The first kappa shape index (κ1) is 18.3. The van der Waals surface area contributed by atoms with Crippen LogP contribution in [0.4, 0.5) is 0 Å². The summed E-state index contributed by atoms with van der Waals surface area (Å²) >= 11 is 0. The number of ether oxygens (including phenoxy) is 1. The van der Waals surface area contributed by atoms with E-state index in [9.17, 15) is 0 Å². The van der Waals surface area contributed by atoms with Gasteiger partial charge in [-0.25, -0.2) is 0 Å². The topological polar surface area (TPSA) is 9.23 Å². The first-order valence-corrected chi connectivity index (χ1v) is 10.4. The molecule has 2 saturated carbocycles. The summed E-state index contributed by atoms with van der Waals surface area (Å²) in [5, 5.41) is 0. The Morgan fingerprint density at radius 1 is 0.682 bits per heavy atom. The molecular formula is C21H40O. The van der Waals surface area contributed by atoms with Crippen molar-refractivity contribution in [2.75, 3.05) is 6.61 Å². The van der Waals surface area contributed by atoms with E-state index >= 15 is 0 Å². The molecule has 0 aromatic rings. The average Bonchev–Trinajstić information content (AvgIpc) is 2.57. The lowest BCUT2D eigenvalue weighted by molar-refractivity contribution is 0.00576. The molecule has 22 heavy (non-hydrogen) atoms. The molecule has 0 unspecified atom stereocenters. The molecule has 2 aliphatic carbocycles. The zero-order chi connectivity index (χ0) is 15.6. The molecular weight excluding hydrogens is 268 g/mol. The van der Waals surface area contributed by atoms with Gasteiger partial charge in [-0.1, -0.05) is 58.8 Å². The summed E-state index contributed by atoms with van der Waals surface area (Å²) in [5.41, 5.74) is 0. The SMILES string of the molecule is CCCCCC1CCC(C2CCC(OCCCC)CC2)CC1. The molecule has 0 aliphatic heterocycles. The van der Waals surface area contributed by atoms with Crippen LogP contribution < -0.4 is 0 Å². The Morgan fingerprint density at radius 2 is 1.27 bits per heavy atom. The van der Waals surface area contributed by atoms with E-state index in [-0.39, 0.29) is 0 Å². The predicted molar refractivity (Wildman–Crippen MR) is 96.2 cm³/mol. The van der Waals surface area contributed by atoms with Crippen molar-refractivity contribution in [3.05, 3.63) is 0 Å². The maximum absolute atomic E-state index is 6.03. The smallest absolute Gasteiger partial charge is 0.0575 e. The number of hydrogen-bond donors (Lipinski definition) is 0. The summed E-state index contributed by atoms with van der Waals surface area (Å²) in [6.45, 7) is 5.56. The van der Waals surface area contributed by atoms with Crippen molar-refractivity contribution in [3.8, 4) is 0 Å². The van der Waals surface area contributed by atoms with Gasteiger partial charge in [0.2, 0.25) is 0 Å². The average molecular weight is 309 g/mol. The van der Waals surface area contributed by atoms with Crippen LogP contribution in [0.3, 0.4) is 0 Å². The first-order chi connectivity index (χ1) is 10.8. The Bertz CT molecular complexity index is 231. The minimum absolute atomic E-state index is 0.591. The highest BCUT2D eigenvalue weighted by Gasteiger charge is 2.30. The van der Waals surface area contributed by atoms with E-state index in [1.807, 2.05) is 0 Å². The number of hydrogen-bond acceptors (Lipinski definition) is 1. The second-order valence-electron chi connectivity index (χ2n) is 8.04. The minimum Gasteiger partial charge on any atom is -0.378 e. The summed E-state index contributed by atoms with van der Waals surface area (Å²) in [6.07, 6.45) is 20.6. The molecule has 2 fully saturated rings. The fourth-order valence-electron chi connectivity index (χ4n) is 4.75. The van der Waals surface area contributed by atoms with Crippen molar-refractivity contribution in [1.82, 2.24) is 0 Å². The Balaban J connectivity index is 1.58. The van der Waals surface area contributed by atoms with Crippen molar-refractivity contribution in [3.63, 3.8) is 0 Å².